The number of Topliss-reactive ketones (excluding diaryl/α,β-unsaturated/α-hetero) is 1. The summed E-state index contributed by atoms with van der Waals surface area (Å²) in [5.74, 6) is 0.159. The summed E-state index contributed by atoms with van der Waals surface area (Å²) in [7, 11) is 4.22. The van der Waals surface area contributed by atoms with Gasteiger partial charge in [0.1, 0.15) is 0 Å². The van der Waals surface area contributed by atoms with Gasteiger partial charge < -0.3 is 4.90 Å². The molecule has 0 N–H and O–H groups in total. The Bertz CT molecular complexity index is 475. The Labute approximate surface area is 126 Å². The van der Waals surface area contributed by atoms with Gasteiger partial charge in [0.15, 0.2) is 5.78 Å². The zero-order chi connectivity index (χ0) is 14.7. The largest absolute Gasteiger partial charge is 0.305 e. The lowest BCUT2D eigenvalue weighted by molar-refractivity contribution is 0.0698. The predicted molar refractivity (Wildman–Crippen MR) is 83.5 cm³/mol. The summed E-state index contributed by atoms with van der Waals surface area (Å²) < 4.78 is 0. The summed E-state index contributed by atoms with van der Waals surface area (Å²) >= 11 is 5.97. The van der Waals surface area contributed by atoms with Gasteiger partial charge in [0.05, 0.1) is 6.04 Å². The van der Waals surface area contributed by atoms with Crippen molar-refractivity contribution in [3.8, 4) is 0 Å². The smallest absolute Gasteiger partial charge is 0.179 e. The van der Waals surface area contributed by atoms with E-state index < -0.39 is 0 Å². The molecule has 0 saturated carbocycles. The predicted octanol–water partition coefficient (Wildman–Crippen LogP) is 2.94. The van der Waals surface area contributed by atoms with Crippen LogP contribution in [0.25, 0.3) is 0 Å². The molecule has 0 aromatic heterocycles. The molecule has 0 spiro atoms. The van der Waals surface area contributed by atoms with Crippen molar-refractivity contribution in [2.24, 2.45) is 0 Å². The number of carbonyl (C=O) groups is 1. The Kier molecular flexibility index (Phi) is 5.19. The maximum Gasteiger partial charge on any atom is 0.179 e. The van der Waals surface area contributed by atoms with Crippen LogP contribution in [0.3, 0.4) is 0 Å². The van der Waals surface area contributed by atoms with Crippen molar-refractivity contribution in [1.29, 1.82) is 0 Å². The molecule has 2 atom stereocenters. The normalized spacial score (nSPS) is 21.9. The first-order valence-corrected chi connectivity index (χ1v) is 7.57. The zero-order valence-electron chi connectivity index (χ0n) is 12.5. The molecule has 0 radical (unpaired) electrons. The second-order valence-electron chi connectivity index (χ2n) is 5.81. The number of carbonyl (C=O) groups excluding carboxylic acids is 1. The lowest BCUT2D eigenvalue weighted by Gasteiger charge is -2.38. The Morgan fingerprint density at radius 1 is 1.45 bits per heavy atom. The van der Waals surface area contributed by atoms with Gasteiger partial charge in [-0.25, -0.2) is 0 Å². The number of hydrogen-bond donors (Lipinski definition) is 0. The van der Waals surface area contributed by atoms with Crippen LogP contribution in [0, 0.1) is 0 Å². The fourth-order valence-electron chi connectivity index (χ4n) is 2.81. The van der Waals surface area contributed by atoms with Crippen molar-refractivity contribution < 1.29 is 4.79 Å². The van der Waals surface area contributed by atoms with Crippen LogP contribution in [0.5, 0.6) is 0 Å². The van der Waals surface area contributed by atoms with Gasteiger partial charge in [-0.2, -0.15) is 0 Å². The van der Waals surface area contributed by atoms with Crippen LogP contribution in [0.1, 0.15) is 30.1 Å². The highest BCUT2D eigenvalue weighted by Gasteiger charge is 2.28. The summed E-state index contributed by atoms with van der Waals surface area (Å²) in [6.45, 7) is 3.96. The van der Waals surface area contributed by atoms with Crippen molar-refractivity contribution in [3.05, 3.63) is 34.9 Å². The Morgan fingerprint density at radius 3 is 2.85 bits per heavy atom. The molecule has 0 bridgehead atoms. The SMILES string of the molecule is CC(C(=O)c1cccc(Cl)c1)N1CCCC(N(C)C)C1. The first-order valence-electron chi connectivity index (χ1n) is 7.19. The Morgan fingerprint density at radius 2 is 2.20 bits per heavy atom. The molecule has 110 valence electrons. The Balaban J connectivity index is 2.06. The van der Waals surface area contributed by atoms with Crippen LogP contribution in [-0.4, -0.2) is 54.9 Å². The molecule has 0 amide bonds. The third-order valence-electron chi connectivity index (χ3n) is 4.19. The van der Waals surface area contributed by atoms with Crippen molar-refractivity contribution in [1.82, 2.24) is 9.80 Å². The van der Waals surface area contributed by atoms with E-state index in [9.17, 15) is 4.79 Å². The van der Waals surface area contributed by atoms with Crippen molar-refractivity contribution in [3.63, 3.8) is 0 Å². The molecule has 0 aliphatic carbocycles. The van der Waals surface area contributed by atoms with Gasteiger partial charge in [-0.05, 0) is 52.5 Å². The molecule has 20 heavy (non-hydrogen) atoms. The molecular weight excluding hydrogens is 272 g/mol. The number of likely N-dealkylation sites (N-methyl/N-ethyl adjacent to an activating group) is 1. The molecule has 1 aromatic carbocycles. The molecule has 1 fully saturated rings. The molecule has 1 heterocycles. The minimum Gasteiger partial charge on any atom is -0.305 e. The van der Waals surface area contributed by atoms with E-state index in [4.69, 9.17) is 11.6 Å². The molecule has 4 heteroatoms. The summed E-state index contributed by atoms with van der Waals surface area (Å²) in [5, 5.41) is 0.618. The van der Waals surface area contributed by atoms with Crippen LogP contribution in [0.15, 0.2) is 24.3 Å². The van der Waals surface area contributed by atoms with E-state index >= 15 is 0 Å². The molecule has 3 nitrogen and oxygen atoms in total. The molecular formula is C16H23ClN2O. The Hall–Kier alpha value is -0.900. The number of benzene rings is 1. The van der Waals surface area contributed by atoms with Gasteiger partial charge in [0.25, 0.3) is 0 Å². The number of piperidine rings is 1. The number of halogens is 1. The minimum absolute atomic E-state index is 0.0868. The van der Waals surface area contributed by atoms with Crippen LogP contribution in [0.4, 0.5) is 0 Å². The highest BCUT2D eigenvalue weighted by molar-refractivity contribution is 6.31. The molecule has 1 aliphatic rings. The summed E-state index contributed by atoms with van der Waals surface area (Å²) in [5.41, 5.74) is 0.706. The molecule has 2 rings (SSSR count). The number of likely N-dealkylation sites (tertiary alicyclic amines) is 1. The number of rotatable bonds is 4. The number of ketones is 1. The monoisotopic (exact) mass is 294 g/mol. The lowest BCUT2D eigenvalue weighted by atomic mass is 9.99. The van der Waals surface area contributed by atoms with Gasteiger partial charge in [0.2, 0.25) is 0 Å². The maximum absolute atomic E-state index is 12.6. The minimum atomic E-state index is -0.0868. The van der Waals surface area contributed by atoms with E-state index in [1.807, 2.05) is 19.1 Å². The third-order valence-corrected chi connectivity index (χ3v) is 4.43. The van der Waals surface area contributed by atoms with Crippen LogP contribution in [-0.2, 0) is 0 Å². The first-order chi connectivity index (χ1) is 9.49. The summed E-state index contributed by atoms with van der Waals surface area (Å²) in [6, 6.07) is 7.69. The number of hydrogen-bond acceptors (Lipinski definition) is 3. The molecule has 1 aromatic rings. The summed E-state index contributed by atoms with van der Waals surface area (Å²) in [6.07, 6.45) is 2.36. The fourth-order valence-corrected chi connectivity index (χ4v) is 3.00. The zero-order valence-corrected chi connectivity index (χ0v) is 13.2. The van der Waals surface area contributed by atoms with Crippen LogP contribution in [0.2, 0.25) is 5.02 Å². The van der Waals surface area contributed by atoms with Gasteiger partial charge in [-0.3, -0.25) is 9.69 Å². The average molecular weight is 295 g/mol. The van der Waals surface area contributed by atoms with Crippen molar-refractivity contribution >= 4 is 17.4 Å². The first kappa shape index (κ1) is 15.5. The van der Waals surface area contributed by atoms with Crippen LogP contribution < -0.4 is 0 Å². The van der Waals surface area contributed by atoms with E-state index in [1.165, 1.54) is 6.42 Å². The van der Waals surface area contributed by atoms with E-state index in [0.717, 1.165) is 19.5 Å². The third kappa shape index (κ3) is 3.60. The average Bonchev–Trinajstić information content (AvgIpc) is 2.45. The van der Waals surface area contributed by atoms with E-state index in [2.05, 4.69) is 23.9 Å². The number of nitrogens with zero attached hydrogens (tertiary/aromatic N) is 2. The van der Waals surface area contributed by atoms with Gasteiger partial charge >= 0.3 is 0 Å². The molecule has 1 saturated heterocycles. The summed E-state index contributed by atoms with van der Waals surface area (Å²) in [4.78, 5) is 17.1. The van der Waals surface area contributed by atoms with Gasteiger partial charge in [-0.15, -0.1) is 0 Å². The van der Waals surface area contributed by atoms with Gasteiger partial charge in [-0.1, -0.05) is 23.7 Å². The van der Waals surface area contributed by atoms with Gasteiger partial charge in [0, 0.05) is 23.2 Å². The standard InChI is InChI=1S/C16H23ClN2O/c1-12(16(20)13-6-4-7-14(17)10-13)19-9-5-8-15(11-19)18(2)3/h4,6-7,10,12,15H,5,8-9,11H2,1-3H3. The second kappa shape index (κ2) is 6.70. The fraction of sp³-hybridized carbons (Fsp3) is 0.562. The maximum atomic E-state index is 12.6. The topological polar surface area (TPSA) is 23.6 Å². The van der Waals surface area contributed by atoms with Crippen LogP contribution >= 0.6 is 11.6 Å². The molecule has 1 aliphatic heterocycles. The quantitative estimate of drug-likeness (QED) is 0.798. The second-order valence-corrected chi connectivity index (χ2v) is 6.24. The highest BCUT2D eigenvalue weighted by atomic mass is 35.5. The molecule has 2 unspecified atom stereocenters. The van der Waals surface area contributed by atoms with Crippen molar-refractivity contribution in [2.45, 2.75) is 31.8 Å². The lowest BCUT2D eigenvalue weighted by Crippen LogP contribution is -2.50. The van der Waals surface area contributed by atoms with Crippen molar-refractivity contribution in [2.75, 3.05) is 27.2 Å². The van der Waals surface area contributed by atoms with E-state index in [0.29, 0.717) is 16.6 Å². The van der Waals surface area contributed by atoms with E-state index in [1.54, 1.807) is 12.1 Å². The highest BCUT2D eigenvalue weighted by Crippen LogP contribution is 2.19. The van der Waals surface area contributed by atoms with E-state index in [-0.39, 0.29) is 11.8 Å².